The lowest BCUT2D eigenvalue weighted by Crippen LogP contribution is -2.62. The van der Waals surface area contributed by atoms with Gasteiger partial charge in [-0.3, -0.25) is 14.4 Å². The predicted molar refractivity (Wildman–Crippen MR) is 236 cm³/mol. The number of ether oxygens (including phenoxy) is 8. The maximum atomic E-state index is 14.4. The van der Waals surface area contributed by atoms with Crippen molar-refractivity contribution in [3.63, 3.8) is 0 Å². The number of cyclic esters (lactones) is 1. The smallest absolute Gasteiger partial charge is 0.407 e. The minimum atomic E-state index is -2.01. The van der Waals surface area contributed by atoms with Crippen molar-refractivity contribution in [1.29, 1.82) is 0 Å². The summed E-state index contributed by atoms with van der Waals surface area (Å²) in [4.78, 5) is 55.5. The number of amides is 2. The molecule has 0 aromatic heterocycles. The molecule has 0 radical (unpaired) electrons. The summed E-state index contributed by atoms with van der Waals surface area (Å²) in [6.07, 6.45) is -6.41. The molecule has 0 aromatic rings. The topological polar surface area (TPSA) is 230 Å². The lowest BCUT2D eigenvalue weighted by molar-refractivity contribution is -0.319. The number of ketones is 1. The zero-order valence-corrected chi connectivity index (χ0v) is 41.0. The van der Waals surface area contributed by atoms with E-state index in [2.05, 4.69) is 10.6 Å². The number of rotatable bonds is 14. The van der Waals surface area contributed by atoms with Crippen molar-refractivity contribution >= 4 is 23.8 Å². The maximum absolute atomic E-state index is 14.4. The van der Waals surface area contributed by atoms with Crippen LogP contribution in [0.1, 0.15) is 115 Å². The van der Waals surface area contributed by atoms with Crippen LogP contribution < -0.4 is 10.6 Å². The summed E-state index contributed by atoms with van der Waals surface area (Å²) in [5.41, 5.74) is -4.49. The van der Waals surface area contributed by atoms with Crippen LogP contribution in [0.15, 0.2) is 12.3 Å². The molecule has 3 aliphatic rings. The number of aliphatic hydroxyl groups excluding tert-OH is 2. The number of allylic oxidation sites excluding steroid dienone is 1. The van der Waals surface area contributed by atoms with Crippen LogP contribution in [0.5, 0.6) is 0 Å². The number of nitrogens with one attached hydrogen (secondary N) is 2. The van der Waals surface area contributed by atoms with Gasteiger partial charge in [0.1, 0.15) is 29.2 Å². The quantitative estimate of drug-likeness (QED) is 0.124. The highest BCUT2D eigenvalue weighted by atomic mass is 16.7. The fourth-order valence-corrected chi connectivity index (χ4v) is 9.64. The van der Waals surface area contributed by atoms with Crippen molar-refractivity contribution in [3.05, 3.63) is 12.3 Å². The van der Waals surface area contributed by atoms with E-state index in [0.717, 1.165) is 0 Å². The lowest BCUT2D eigenvalue weighted by Gasteiger charge is -2.50. The predicted octanol–water partition coefficient (Wildman–Crippen LogP) is 3.60. The first-order chi connectivity index (χ1) is 29.8. The number of hydrogen-bond donors (Lipinski definition) is 5. The van der Waals surface area contributed by atoms with Gasteiger partial charge in [0.25, 0.3) is 0 Å². The summed E-state index contributed by atoms with van der Waals surface area (Å²) in [6.45, 7) is 18.9. The Balaban J connectivity index is 2.08. The molecule has 18 atom stereocenters. The average molecular weight is 916 g/mol. The number of esters is 1. The number of alkyl carbamates (subject to hydrolysis) is 1. The van der Waals surface area contributed by atoms with Crippen LogP contribution in [0.3, 0.4) is 0 Å². The van der Waals surface area contributed by atoms with E-state index in [0.29, 0.717) is 12.8 Å². The number of hydrogen-bond acceptors (Lipinski definition) is 16. The highest BCUT2D eigenvalue weighted by Crippen LogP contribution is 2.42. The van der Waals surface area contributed by atoms with Crippen LogP contribution in [-0.4, -0.2) is 163 Å². The number of likely N-dealkylation sites (N-methyl/N-ethyl adjacent to an activating group) is 1. The van der Waals surface area contributed by atoms with Gasteiger partial charge in [0.05, 0.1) is 42.0 Å². The standard InChI is InChI=1S/C46H81N3O15/c1-16-20-47-33(50)19-18-21-48-43(55)64-40-30(8)60-34(24-45(40,10)58-15)62-37-28(6)39(63-42-36(52)31(49(12)13)22-26(4)59-42)44(9,57-14)23-25(3)35(51)27(5)38(53)46(11,56)32(17-2)61-41(54)29(37)7/h16,20,25-32,34,36-40,42,52-53,56H,17-19,21-24H2,1-15H3,(H,47,50)(H,48,55)/b20-16+/t25-,26-,27+,28+,29-,30+,31+,32-,34+,36-,37+,38-,39-,40+,42+,44-,45-,46-/m1/s1. The van der Waals surface area contributed by atoms with E-state index in [9.17, 15) is 34.5 Å². The van der Waals surface area contributed by atoms with Gasteiger partial charge in [-0.2, -0.15) is 0 Å². The molecule has 5 N–H and O–H groups in total. The molecule has 0 unspecified atom stereocenters. The summed E-state index contributed by atoms with van der Waals surface area (Å²) in [5.74, 6) is -4.96. The van der Waals surface area contributed by atoms with Crippen molar-refractivity contribution in [2.24, 2.45) is 23.7 Å². The number of Topliss-reactive ketones (excluding diaryl/α,β-unsaturated/α-hetero) is 1. The molecule has 64 heavy (non-hydrogen) atoms. The van der Waals surface area contributed by atoms with Crippen molar-refractivity contribution in [2.75, 3.05) is 34.9 Å². The van der Waals surface area contributed by atoms with Crippen LogP contribution in [0.2, 0.25) is 0 Å². The van der Waals surface area contributed by atoms with E-state index < -0.39 is 108 Å². The molecule has 2 amide bonds. The first-order valence-electron chi connectivity index (χ1n) is 22.9. The summed E-state index contributed by atoms with van der Waals surface area (Å²) in [6, 6.07) is -0.324. The van der Waals surface area contributed by atoms with Gasteiger partial charge in [0.2, 0.25) is 5.91 Å². The second-order valence-electron chi connectivity index (χ2n) is 19.1. The van der Waals surface area contributed by atoms with Gasteiger partial charge in [-0.05, 0) is 94.4 Å². The van der Waals surface area contributed by atoms with Crippen molar-refractivity contribution in [3.8, 4) is 0 Å². The van der Waals surface area contributed by atoms with E-state index in [1.807, 2.05) is 32.8 Å². The minimum absolute atomic E-state index is 0.0311. The van der Waals surface area contributed by atoms with Gasteiger partial charge >= 0.3 is 12.1 Å². The molecule has 0 aliphatic carbocycles. The van der Waals surface area contributed by atoms with Crippen LogP contribution in [0, 0.1) is 23.7 Å². The summed E-state index contributed by atoms with van der Waals surface area (Å²) >= 11 is 0. The van der Waals surface area contributed by atoms with E-state index in [1.165, 1.54) is 28.1 Å². The molecule has 18 heteroatoms. The Hall–Kier alpha value is -2.78. The molecule has 0 spiro atoms. The molecule has 0 saturated carbocycles. The molecule has 370 valence electrons. The van der Waals surface area contributed by atoms with Crippen molar-refractivity contribution in [1.82, 2.24) is 15.5 Å². The Morgan fingerprint density at radius 1 is 0.922 bits per heavy atom. The third kappa shape index (κ3) is 13.4. The monoisotopic (exact) mass is 916 g/mol. The molecule has 3 aliphatic heterocycles. The fraction of sp³-hybridized carbons (Fsp3) is 0.870. The third-order valence-corrected chi connectivity index (χ3v) is 13.7. The van der Waals surface area contributed by atoms with E-state index in [-0.39, 0.29) is 56.1 Å². The normalized spacial score (nSPS) is 41.9. The molecular formula is C46H81N3O15. The SMILES string of the molecule is C/C=C/NC(=O)CCCNC(=O)O[C@H]1[C@H](C)O[C@@H](O[C@H]2[C@H](C)[C@@H](O[C@@H]3O[C@H](C)C[C@H](N(C)C)[C@H]3O)[C@](C)(OC)C[C@@H](C)C(=O)[C@H](C)[C@@H](O)[C@](C)(O)[C@@H](CC)OC(=O)[C@@H]2C)C[C@@]1(C)OC. The molecule has 3 heterocycles. The average Bonchev–Trinajstić information content (AvgIpc) is 3.24. The highest BCUT2D eigenvalue weighted by molar-refractivity contribution is 5.83. The van der Waals surface area contributed by atoms with Crippen molar-refractivity contribution in [2.45, 2.75) is 199 Å². The van der Waals surface area contributed by atoms with Gasteiger partial charge in [0, 0.05) is 57.4 Å². The second-order valence-corrected chi connectivity index (χ2v) is 19.1. The highest BCUT2D eigenvalue weighted by Gasteiger charge is 2.55. The Kier molecular flexibility index (Phi) is 20.6. The van der Waals surface area contributed by atoms with Crippen LogP contribution >= 0.6 is 0 Å². The van der Waals surface area contributed by atoms with Crippen molar-refractivity contribution < 1.29 is 72.4 Å². The molecular weight excluding hydrogens is 835 g/mol. The van der Waals surface area contributed by atoms with E-state index in [4.69, 9.17) is 37.9 Å². The Bertz CT molecular complexity index is 1570. The number of carbonyl (C=O) groups is 4. The first-order valence-corrected chi connectivity index (χ1v) is 22.9. The van der Waals surface area contributed by atoms with Crippen LogP contribution in [0.4, 0.5) is 4.79 Å². The van der Waals surface area contributed by atoms with Gasteiger partial charge in [0.15, 0.2) is 18.7 Å². The van der Waals surface area contributed by atoms with Gasteiger partial charge < -0.3 is 68.7 Å². The fourth-order valence-electron chi connectivity index (χ4n) is 9.64. The third-order valence-electron chi connectivity index (χ3n) is 13.7. The van der Waals surface area contributed by atoms with Gasteiger partial charge in [-0.25, -0.2) is 4.79 Å². The molecule has 0 bridgehead atoms. The maximum Gasteiger partial charge on any atom is 0.407 e. The molecule has 0 aromatic carbocycles. The summed E-state index contributed by atoms with van der Waals surface area (Å²) < 4.78 is 50.7. The van der Waals surface area contributed by atoms with Gasteiger partial charge in [-0.15, -0.1) is 0 Å². The zero-order chi connectivity index (χ0) is 48.5. The Morgan fingerprint density at radius 3 is 2.12 bits per heavy atom. The minimum Gasteiger partial charge on any atom is -0.459 e. The molecule has 3 saturated heterocycles. The number of aliphatic hydroxyl groups is 3. The number of nitrogens with zero attached hydrogens (tertiary/aromatic N) is 1. The second kappa shape index (κ2) is 23.8. The summed E-state index contributed by atoms with van der Waals surface area (Å²) in [7, 11) is 6.70. The number of carbonyl (C=O) groups excluding carboxylic acids is 4. The van der Waals surface area contributed by atoms with E-state index >= 15 is 0 Å². The zero-order valence-electron chi connectivity index (χ0n) is 41.0. The Morgan fingerprint density at radius 2 is 1.55 bits per heavy atom. The van der Waals surface area contributed by atoms with Crippen LogP contribution in [-0.2, 0) is 52.3 Å². The Labute approximate surface area is 380 Å². The largest absolute Gasteiger partial charge is 0.459 e. The molecule has 3 rings (SSSR count). The lowest BCUT2D eigenvalue weighted by atomic mass is 9.74. The first kappa shape index (κ1) is 55.5. The summed E-state index contributed by atoms with van der Waals surface area (Å²) in [5, 5.41) is 40.3. The molecule has 18 nitrogen and oxygen atoms in total. The van der Waals surface area contributed by atoms with Gasteiger partial charge in [-0.1, -0.05) is 33.8 Å². The molecule has 3 fully saturated rings. The number of methoxy groups -OCH3 is 2. The van der Waals surface area contributed by atoms with Crippen LogP contribution in [0.25, 0.3) is 0 Å². The van der Waals surface area contributed by atoms with E-state index in [1.54, 1.807) is 60.7 Å².